The second-order valence-corrected chi connectivity index (χ2v) is 10.5. The molecule has 0 aromatic heterocycles. The number of hydrogen-bond acceptors (Lipinski definition) is 7. The number of anilines is 1. The summed E-state index contributed by atoms with van der Waals surface area (Å²) in [6.07, 6.45) is -0.0435. The topological polar surface area (TPSA) is 160 Å². The summed E-state index contributed by atoms with van der Waals surface area (Å²) in [6, 6.07) is 9.33. The maximum Gasteiger partial charge on any atom is 0.326 e. The highest BCUT2D eigenvalue weighted by Crippen LogP contribution is 2.27. The van der Waals surface area contributed by atoms with Gasteiger partial charge in [-0.3, -0.25) is 9.59 Å². The number of rotatable bonds is 11. The van der Waals surface area contributed by atoms with Crippen LogP contribution in [0.15, 0.2) is 42.5 Å². The van der Waals surface area contributed by atoms with E-state index in [0.717, 1.165) is 0 Å². The van der Waals surface area contributed by atoms with Crippen molar-refractivity contribution in [2.75, 3.05) is 43.9 Å². The smallest absolute Gasteiger partial charge is 0.326 e. The van der Waals surface area contributed by atoms with E-state index < -0.39 is 35.2 Å². The second-order valence-electron chi connectivity index (χ2n) is 8.48. The van der Waals surface area contributed by atoms with Gasteiger partial charge in [0.1, 0.15) is 6.04 Å². The molecular formula is C25H28Cl2N4O7S. The van der Waals surface area contributed by atoms with Crippen molar-refractivity contribution in [1.82, 2.24) is 15.1 Å². The highest BCUT2D eigenvalue weighted by Gasteiger charge is 2.38. The molecule has 1 aliphatic rings. The van der Waals surface area contributed by atoms with E-state index in [1.165, 1.54) is 21.6 Å². The van der Waals surface area contributed by atoms with Crippen molar-refractivity contribution in [3.05, 3.63) is 63.6 Å². The van der Waals surface area contributed by atoms with E-state index in [0.29, 0.717) is 17.0 Å². The van der Waals surface area contributed by atoms with Crippen LogP contribution >= 0.6 is 35.0 Å². The zero-order chi connectivity index (χ0) is 28.5. The van der Waals surface area contributed by atoms with Gasteiger partial charge in [0.2, 0.25) is 0 Å². The molecule has 210 valence electrons. The Balaban J connectivity index is 1.64. The lowest BCUT2D eigenvalue weighted by Crippen LogP contribution is -2.54. The number of halogens is 2. The van der Waals surface area contributed by atoms with E-state index in [1.807, 2.05) is 0 Å². The van der Waals surface area contributed by atoms with Crippen LogP contribution in [-0.2, 0) is 16.0 Å². The summed E-state index contributed by atoms with van der Waals surface area (Å²) in [4.78, 5) is 52.9. The molecule has 1 heterocycles. The van der Waals surface area contributed by atoms with Gasteiger partial charge in [-0.25, -0.2) is 9.59 Å². The van der Waals surface area contributed by atoms with Crippen molar-refractivity contribution in [2.24, 2.45) is 0 Å². The van der Waals surface area contributed by atoms with E-state index >= 15 is 0 Å². The summed E-state index contributed by atoms with van der Waals surface area (Å²) in [5.74, 6) is -1.91. The van der Waals surface area contributed by atoms with E-state index in [9.17, 15) is 34.5 Å². The molecule has 4 amide bonds. The molecule has 1 aliphatic heterocycles. The minimum Gasteiger partial charge on any atom is -0.480 e. The molecule has 11 nitrogen and oxygen atoms in total. The Morgan fingerprint density at radius 3 is 2.21 bits per heavy atom. The number of aliphatic hydroxyl groups is 2. The normalized spacial score (nSPS) is 15.5. The Kier molecular flexibility index (Phi) is 11.3. The number of carbonyl (C=O) groups is 4. The van der Waals surface area contributed by atoms with Crippen LogP contribution in [0.1, 0.15) is 15.9 Å². The van der Waals surface area contributed by atoms with Crippen molar-refractivity contribution in [3.63, 3.8) is 0 Å². The molecule has 0 radical (unpaired) electrons. The maximum absolute atomic E-state index is 13.0. The highest BCUT2D eigenvalue weighted by molar-refractivity contribution is 8.00. The van der Waals surface area contributed by atoms with E-state index in [1.54, 1.807) is 42.5 Å². The third-order valence-electron chi connectivity index (χ3n) is 5.83. The number of nitrogens with zero attached hydrogens (tertiary/aromatic N) is 2. The molecule has 39 heavy (non-hydrogen) atoms. The van der Waals surface area contributed by atoms with Crippen LogP contribution in [0, 0.1) is 0 Å². The van der Waals surface area contributed by atoms with Gasteiger partial charge in [0, 0.05) is 37.5 Å². The Morgan fingerprint density at radius 1 is 1.03 bits per heavy atom. The van der Waals surface area contributed by atoms with Crippen LogP contribution in [0.4, 0.5) is 10.5 Å². The summed E-state index contributed by atoms with van der Waals surface area (Å²) < 4.78 is 0. The van der Waals surface area contributed by atoms with Crippen molar-refractivity contribution in [1.29, 1.82) is 0 Å². The van der Waals surface area contributed by atoms with E-state index in [-0.39, 0.29) is 54.9 Å². The van der Waals surface area contributed by atoms with Gasteiger partial charge in [0.25, 0.3) is 11.8 Å². The molecule has 1 unspecified atom stereocenters. The second kappa shape index (κ2) is 14.4. The van der Waals surface area contributed by atoms with E-state index in [4.69, 9.17) is 23.2 Å². The molecule has 3 rings (SSSR count). The zero-order valence-electron chi connectivity index (χ0n) is 20.7. The number of carbonyl (C=O) groups excluding carboxylic acids is 3. The quantitative estimate of drug-likeness (QED) is 0.263. The van der Waals surface area contributed by atoms with Crippen LogP contribution in [0.25, 0.3) is 0 Å². The molecule has 14 heteroatoms. The predicted octanol–water partition coefficient (Wildman–Crippen LogP) is 2.14. The number of nitrogens with one attached hydrogen (secondary N) is 2. The summed E-state index contributed by atoms with van der Waals surface area (Å²) in [5.41, 5.74) is 1.15. The fourth-order valence-corrected chi connectivity index (χ4v) is 5.61. The largest absolute Gasteiger partial charge is 0.480 e. The van der Waals surface area contributed by atoms with Gasteiger partial charge in [-0.05, 0) is 29.8 Å². The van der Waals surface area contributed by atoms with Crippen molar-refractivity contribution in [3.8, 4) is 0 Å². The number of amides is 4. The standard InChI is InChI=1S/C25H28Cl2N4O7S/c26-17-2-1-3-18(27)20(17)21(34)28-16-6-4-15(5-7-16)14-19(24(36)37)29-22(35)23-31(10-13-39-23)25(38)30(8-11-32)9-12-33/h1-7,19,23,32-33H,8-14H2,(H,28,34)(H,29,35)(H,36,37)/t19-,23?/m0/s1. The number of aliphatic hydroxyl groups excluding tert-OH is 2. The maximum atomic E-state index is 13.0. The van der Waals surface area contributed by atoms with Crippen molar-refractivity contribution in [2.45, 2.75) is 17.8 Å². The lowest BCUT2D eigenvalue weighted by molar-refractivity contribution is -0.142. The molecule has 2 aromatic rings. The number of hydrogen-bond donors (Lipinski definition) is 5. The first-order valence-electron chi connectivity index (χ1n) is 11.9. The van der Waals surface area contributed by atoms with Crippen LogP contribution < -0.4 is 10.6 Å². The summed E-state index contributed by atoms with van der Waals surface area (Å²) >= 11 is 13.4. The van der Waals surface area contributed by atoms with Crippen LogP contribution in [0.2, 0.25) is 10.0 Å². The summed E-state index contributed by atoms with van der Waals surface area (Å²) in [6.45, 7) is -0.357. The fourth-order valence-electron chi connectivity index (χ4n) is 3.92. The lowest BCUT2D eigenvalue weighted by atomic mass is 10.1. The van der Waals surface area contributed by atoms with Crippen LogP contribution in [-0.4, -0.2) is 99.0 Å². The highest BCUT2D eigenvalue weighted by atomic mass is 35.5. The molecule has 0 saturated carbocycles. The molecular weight excluding hydrogens is 571 g/mol. The molecule has 1 saturated heterocycles. The summed E-state index contributed by atoms with van der Waals surface area (Å²) in [7, 11) is 0. The molecule has 0 spiro atoms. The number of carboxylic acids is 1. The van der Waals surface area contributed by atoms with E-state index in [2.05, 4.69) is 10.6 Å². The predicted molar refractivity (Wildman–Crippen MR) is 148 cm³/mol. The zero-order valence-corrected chi connectivity index (χ0v) is 23.0. The number of carboxylic acid groups (broad SMARTS) is 1. The minimum atomic E-state index is -1.27. The average Bonchev–Trinajstić information content (AvgIpc) is 3.39. The first-order chi connectivity index (χ1) is 18.7. The monoisotopic (exact) mass is 598 g/mol. The number of urea groups is 1. The average molecular weight is 599 g/mol. The van der Waals surface area contributed by atoms with Gasteiger partial charge in [-0.15, -0.1) is 11.8 Å². The molecule has 1 fully saturated rings. The fraction of sp³-hybridized carbons (Fsp3) is 0.360. The summed E-state index contributed by atoms with van der Waals surface area (Å²) in [5, 5.41) is 32.8. The molecule has 0 aliphatic carbocycles. The molecule has 2 atom stereocenters. The van der Waals surface area contributed by atoms with Crippen molar-refractivity contribution < 1.29 is 34.5 Å². The number of benzene rings is 2. The van der Waals surface area contributed by atoms with Gasteiger partial charge in [0.15, 0.2) is 5.37 Å². The third-order valence-corrected chi connectivity index (χ3v) is 7.66. The van der Waals surface area contributed by atoms with Crippen LogP contribution in [0.3, 0.4) is 0 Å². The number of aliphatic carboxylic acids is 1. The van der Waals surface area contributed by atoms with Gasteiger partial charge in [-0.2, -0.15) is 0 Å². The molecule has 2 aromatic carbocycles. The molecule has 0 bridgehead atoms. The van der Waals surface area contributed by atoms with Crippen LogP contribution in [0.5, 0.6) is 0 Å². The molecule has 5 N–H and O–H groups in total. The number of thioether (sulfide) groups is 1. The Bertz CT molecular complexity index is 1180. The lowest BCUT2D eigenvalue weighted by Gasteiger charge is -2.30. The van der Waals surface area contributed by atoms with Gasteiger partial charge < -0.3 is 35.8 Å². The SMILES string of the molecule is O=C(Nc1ccc(C[C@H](NC(=O)C2SCCN2C(=O)N(CCO)CCO)C(=O)O)cc1)c1c(Cl)cccc1Cl. The first-order valence-corrected chi connectivity index (χ1v) is 13.7. The van der Waals surface area contributed by atoms with Crippen molar-refractivity contribution >= 4 is 64.5 Å². The Morgan fingerprint density at radius 2 is 1.64 bits per heavy atom. The van der Waals surface area contributed by atoms with Gasteiger partial charge in [-0.1, -0.05) is 41.4 Å². The Labute approximate surface area is 239 Å². The minimum absolute atomic E-state index is 0.00543. The Hall–Kier alpha value is -3.03. The van der Waals surface area contributed by atoms with Gasteiger partial charge >= 0.3 is 12.0 Å². The third kappa shape index (κ3) is 7.99. The first kappa shape index (κ1) is 30.5. The van der Waals surface area contributed by atoms with Gasteiger partial charge in [0.05, 0.1) is 28.8 Å².